The third-order valence-corrected chi connectivity index (χ3v) is 3.46. The van der Waals surface area contributed by atoms with Crippen molar-refractivity contribution in [1.82, 2.24) is 5.32 Å². The van der Waals surface area contributed by atoms with E-state index in [-0.39, 0.29) is 12.1 Å². The maximum atomic E-state index is 13.7. The molecule has 0 aromatic heterocycles. The number of carbonyl (C=O) groups is 1. The molecule has 0 fully saturated rings. The van der Waals surface area contributed by atoms with Crippen LogP contribution in [0.4, 0.5) is 28.0 Å². The van der Waals surface area contributed by atoms with Gasteiger partial charge in [-0.05, 0) is 30.3 Å². The third kappa shape index (κ3) is 4.99. The molecule has 0 heterocycles. The summed E-state index contributed by atoms with van der Waals surface area (Å²) in [7, 11) is 1.41. The summed E-state index contributed by atoms with van der Waals surface area (Å²) in [5.74, 6) is -0.698. The first-order valence-corrected chi connectivity index (χ1v) is 7.32. The van der Waals surface area contributed by atoms with Gasteiger partial charge < -0.3 is 15.4 Å². The highest BCUT2D eigenvalue weighted by atomic mass is 35.5. The highest BCUT2D eigenvalue weighted by molar-refractivity contribution is 6.31. The Bertz CT molecular complexity index is 781. The molecule has 2 rings (SSSR count). The van der Waals surface area contributed by atoms with Gasteiger partial charge in [-0.3, -0.25) is 0 Å². The topological polar surface area (TPSA) is 50.4 Å². The molecule has 2 amide bonds. The monoisotopic (exact) mass is 376 g/mol. The van der Waals surface area contributed by atoms with Crippen LogP contribution in [-0.2, 0) is 12.7 Å². The van der Waals surface area contributed by atoms with Gasteiger partial charge in [-0.1, -0.05) is 17.7 Å². The summed E-state index contributed by atoms with van der Waals surface area (Å²) in [4.78, 5) is 11.9. The van der Waals surface area contributed by atoms with Crippen molar-refractivity contribution in [3.05, 3.63) is 58.4 Å². The summed E-state index contributed by atoms with van der Waals surface area (Å²) in [6, 6.07) is 5.98. The fourth-order valence-electron chi connectivity index (χ4n) is 1.99. The van der Waals surface area contributed by atoms with E-state index in [1.807, 2.05) is 0 Å². The molecule has 0 aliphatic rings. The van der Waals surface area contributed by atoms with Gasteiger partial charge in [-0.15, -0.1) is 0 Å². The van der Waals surface area contributed by atoms with Gasteiger partial charge in [0.25, 0.3) is 0 Å². The van der Waals surface area contributed by atoms with Crippen molar-refractivity contribution in [1.29, 1.82) is 0 Å². The molecule has 134 valence electrons. The molecule has 9 heteroatoms. The zero-order valence-electron chi connectivity index (χ0n) is 12.9. The summed E-state index contributed by atoms with van der Waals surface area (Å²) < 4.78 is 56.3. The van der Waals surface area contributed by atoms with Gasteiger partial charge in [0, 0.05) is 17.1 Å². The Kier molecular flexibility index (Phi) is 5.73. The molecule has 0 unspecified atom stereocenters. The van der Waals surface area contributed by atoms with Crippen molar-refractivity contribution in [2.75, 3.05) is 12.4 Å². The Balaban J connectivity index is 2.02. The number of alkyl halides is 3. The highest BCUT2D eigenvalue weighted by Gasteiger charge is 2.31. The van der Waals surface area contributed by atoms with Crippen molar-refractivity contribution in [2.45, 2.75) is 12.7 Å². The van der Waals surface area contributed by atoms with E-state index in [2.05, 4.69) is 10.6 Å². The fraction of sp³-hybridized carbons (Fsp3) is 0.188. The van der Waals surface area contributed by atoms with Crippen molar-refractivity contribution < 1.29 is 27.1 Å². The zero-order chi connectivity index (χ0) is 18.6. The number of ether oxygens (including phenoxy) is 1. The Morgan fingerprint density at radius 1 is 1.20 bits per heavy atom. The maximum Gasteiger partial charge on any atom is 0.416 e. The smallest absolute Gasteiger partial charge is 0.416 e. The van der Waals surface area contributed by atoms with Crippen molar-refractivity contribution in [2.24, 2.45) is 0 Å². The normalized spacial score (nSPS) is 11.1. The number of methoxy groups -OCH3 is 1. The standard InChI is InChI=1S/C16H13ClF4N2O2/c1-25-14-5-4-11(17)7-13(14)23-15(24)22-8-9-2-3-10(6-12(9)18)16(19,20)21/h2-7H,8H2,1H3,(H2,22,23,24). The predicted molar refractivity (Wildman–Crippen MR) is 85.3 cm³/mol. The number of halogens is 5. The van der Waals surface area contributed by atoms with E-state index in [1.165, 1.54) is 13.2 Å². The minimum atomic E-state index is -4.63. The van der Waals surface area contributed by atoms with Crippen molar-refractivity contribution >= 4 is 23.3 Å². The zero-order valence-corrected chi connectivity index (χ0v) is 13.6. The summed E-state index contributed by atoms with van der Waals surface area (Å²) in [6.45, 7) is -0.293. The number of nitrogens with one attached hydrogen (secondary N) is 2. The van der Waals surface area contributed by atoms with E-state index in [0.29, 0.717) is 22.5 Å². The van der Waals surface area contributed by atoms with Gasteiger partial charge in [-0.2, -0.15) is 13.2 Å². The first kappa shape index (κ1) is 18.9. The second kappa shape index (κ2) is 7.60. The number of benzene rings is 2. The van der Waals surface area contributed by atoms with Gasteiger partial charge in [0.15, 0.2) is 0 Å². The lowest BCUT2D eigenvalue weighted by Gasteiger charge is -2.12. The number of anilines is 1. The fourth-order valence-corrected chi connectivity index (χ4v) is 2.16. The third-order valence-electron chi connectivity index (χ3n) is 3.23. The average Bonchev–Trinajstić information content (AvgIpc) is 2.53. The molecule has 0 bridgehead atoms. The number of rotatable bonds is 4. The SMILES string of the molecule is COc1ccc(Cl)cc1NC(=O)NCc1ccc(C(F)(F)F)cc1F. The van der Waals surface area contributed by atoms with Crippen LogP contribution in [0, 0.1) is 5.82 Å². The van der Waals surface area contributed by atoms with Crippen LogP contribution in [-0.4, -0.2) is 13.1 Å². The van der Waals surface area contributed by atoms with E-state index < -0.39 is 23.6 Å². The Hall–Kier alpha value is -2.48. The lowest BCUT2D eigenvalue weighted by molar-refractivity contribution is -0.137. The average molecular weight is 377 g/mol. The van der Waals surface area contributed by atoms with E-state index >= 15 is 0 Å². The lowest BCUT2D eigenvalue weighted by Crippen LogP contribution is -2.28. The molecule has 0 radical (unpaired) electrons. The largest absolute Gasteiger partial charge is 0.495 e. The Morgan fingerprint density at radius 2 is 1.92 bits per heavy atom. The van der Waals surface area contributed by atoms with Gasteiger partial charge in [-0.25, -0.2) is 9.18 Å². The number of hydrogen-bond donors (Lipinski definition) is 2. The molecule has 0 aliphatic carbocycles. The summed E-state index contributed by atoms with van der Waals surface area (Å²) >= 11 is 5.83. The van der Waals surface area contributed by atoms with Gasteiger partial charge in [0.2, 0.25) is 0 Å². The second-order valence-electron chi connectivity index (χ2n) is 4.96. The second-order valence-corrected chi connectivity index (χ2v) is 5.39. The summed E-state index contributed by atoms with van der Waals surface area (Å²) in [5, 5.41) is 5.18. The number of carbonyl (C=O) groups excluding carboxylic acids is 1. The van der Waals surface area contributed by atoms with Crippen LogP contribution in [0.15, 0.2) is 36.4 Å². The Morgan fingerprint density at radius 3 is 2.52 bits per heavy atom. The van der Waals surface area contributed by atoms with E-state index in [9.17, 15) is 22.4 Å². The molecular weight excluding hydrogens is 364 g/mol. The molecule has 25 heavy (non-hydrogen) atoms. The number of urea groups is 1. The summed E-state index contributed by atoms with van der Waals surface area (Å²) in [6.07, 6.45) is -4.63. The predicted octanol–water partition coefficient (Wildman–Crippen LogP) is 4.83. The van der Waals surface area contributed by atoms with Crippen LogP contribution in [0.3, 0.4) is 0 Å². The number of amides is 2. The first-order chi connectivity index (χ1) is 11.7. The van der Waals surface area contributed by atoms with Crippen LogP contribution in [0.1, 0.15) is 11.1 Å². The molecule has 4 nitrogen and oxygen atoms in total. The van der Waals surface area contributed by atoms with Gasteiger partial charge >= 0.3 is 12.2 Å². The van der Waals surface area contributed by atoms with Gasteiger partial charge in [0.05, 0.1) is 18.4 Å². The summed E-state index contributed by atoms with van der Waals surface area (Å²) in [5.41, 5.74) is -0.886. The van der Waals surface area contributed by atoms with Crippen LogP contribution in [0.5, 0.6) is 5.75 Å². The molecule has 0 saturated carbocycles. The minimum absolute atomic E-state index is 0.0822. The van der Waals surface area contributed by atoms with E-state index in [4.69, 9.17) is 16.3 Å². The quantitative estimate of drug-likeness (QED) is 0.751. The maximum absolute atomic E-state index is 13.7. The van der Waals surface area contributed by atoms with Crippen molar-refractivity contribution in [3.8, 4) is 5.75 Å². The molecule has 0 aliphatic heterocycles. The molecule has 2 aromatic rings. The molecule has 2 N–H and O–H groups in total. The lowest BCUT2D eigenvalue weighted by atomic mass is 10.1. The van der Waals surface area contributed by atoms with Crippen LogP contribution in [0.25, 0.3) is 0 Å². The molecule has 2 aromatic carbocycles. The van der Waals surface area contributed by atoms with Crippen molar-refractivity contribution in [3.63, 3.8) is 0 Å². The molecule has 0 atom stereocenters. The van der Waals surface area contributed by atoms with E-state index in [0.717, 1.165) is 12.1 Å². The molecule has 0 spiro atoms. The number of hydrogen-bond acceptors (Lipinski definition) is 2. The van der Waals surface area contributed by atoms with Crippen LogP contribution < -0.4 is 15.4 Å². The minimum Gasteiger partial charge on any atom is -0.495 e. The Labute approximate surface area is 145 Å². The molecule has 0 saturated heterocycles. The van der Waals surface area contributed by atoms with Crippen LogP contribution >= 0.6 is 11.6 Å². The molecular formula is C16H13ClF4N2O2. The van der Waals surface area contributed by atoms with E-state index in [1.54, 1.807) is 12.1 Å². The first-order valence-electron chi connectivity index (χ1n) is 6.94. The van der Waals surface area contributed by atoms with Gasteiger partial charge in [0.1, 0.15) is 11.6 Å². The van der Waals surface area contributed by atoms with Crippen LogP contribution in [0.2, 0.25) is 5.02 Å². The highest BCUT2D eigenvalue weighted by Crippen LogP contribution is 2.30.